The molecule has 1 aromatic heterocycles. The van der Waals surface area contributed by atoms with E-state index in [4.69, 9.17) is 4.74 Å². The van der Waals surface area contributed by atoms with E-state index < -0.39 is 0 Å². The van der Waals surface area contributed by atoms with Gasteiger partial charge in [0, 0.05) is 20.1 Å². The van der Waals surface area contributed by atoms with Crippen molar-refractivity contribution >= 4 is 50.0 Å². The van der Waals surface area contributed by atoms with Gasteiger partial charge in [-0.1, -0.05) is 15.9 Å². The van der Waals surface area contributed by atoms with Crippen LogP contribution in [0.15, 0.2) is 26.9 Å². The van der Waals surface area contributed by atoms with Crippen molar-refractivity contribution in [1.82, 2.24) is 0 Å². The molecular formula is C9H7BrOS2. The highest BCUT2D eigenvalue weighted by Gasteiger charge is 2.07. The third-order valence-corrected chi connectivity index (χ3v) is 3.77. The van der Waals surface area contributed by atoms with Gasteiger partial charge in [-0.2, -0.15) is 0 Å². The smallest absolute Gasteiger partial charge is 0.137 e. The molecule has 1 heterocycles. The monoisotopic (exact) mass is 274 g/mol. The molecule has 13 heavy (non-hydrogen) atoms. The Bertz CT molecular complexity index is 450. The number of thiophene rings is 1. The molecule has 0 saturated carbocycles. The fraction of sp³-hybridized carbons (Fsp3) is 0.111. The van der Waals surface area contributed by atoms with Gasteiger partial charge in [0.2, 0.25) is 0 Å². The molecular weight excluding hydrogens is 268 g/mol. The molecule has 0 aliphatic rings. The summed E-state index contributed by atoms with van der Waals surface area (Å²) in [4.78, 5) is 0.984. The lowest BCUT2D eigenvalue weighted by atomic mass is 10.2. The first-order valence-corrected chi connectivity index (χ1v) is 5.78. The summed E-state index contributed by atoms with van der Waals surface area (Å²) >= 11 is 9.48. The Labute approximate surface area is 94.3 Å². The van der Waals surface area contributed by atoms with Crippen molar-refractivity contribution in [3.8, 4) is 5.75 Å². The summed E-state index contributed by atoms with van der Waals surface area (Å²) in [5, 5.41) is 3.11. The van der Waals surface area contributed by atoms with E-state index in [1.54, 1.807) is 18.4 Å². The van der Waals surface area contributed by atoms with E-state index in [9.17, 15) is 0 Å². The van der Waals surface area contributed by atoms with Gasteiger partial charge in [-0.15, -0.1) is 24.0 Å². The molecule has 0 aliphatic heterocycles. The molecule has 1 aromatic carbocycles. The molecule has 68 valence electrons. The van der Waals surface area contributed by atoms with Gasteiger partial charge in [0.25, 0.3) is 0 Å². The van der Waals surface area contributed by atoms with E-state index in [1.807, 2.05) is 17.5 Å². The third-order valence-electron chi connectivity index (χ3n) is 1.80. The van der Waals surface area contributed by atoms with E-state index in [0.717, 1.165) is 20.5 Å². The molecule has 0 amide bonds. The Morgan fingerprint density at radius 3 is 2.92 bits per heavy atom. The standard InChI is InChI=1S/C9H7BrOS2/c1-11-7-4-13-9-6(7)2-5(10)3-8(9)12/h2-4,12H,1H3. The molecule has 4 heteroatoms. The molecule has 0 aliphatic carbocycles. The number of halogens is 1. The third kappa shape index (κ3) is 1.58. The zero-order valence-electron chi connectivity index (χ0n) is 6.87. The van der Waals surface area contributed by atoms with Gasteiger partial charge in [-0.05, 0) is 12.1 Å². The normalized spacial score (nSPS) is 10.7. The van der Waals surface area contributed by atoms with Gasteiger partial charge in [0.15, 0.2) is 0 Å². The fourth-order valence-corrected chi connectivity index (χ4v) is 3.19. The van der Waals surface area contributed by atoms with Gasteiger partial charge < -0.3 is 4.74 Å². The summed E-state index contributed by atoms with van der Waals surface area (Å²) in [5.41, 5.74) is 0. The first-order chi connectivity index (χ1) is 6.22. The highest BCUT2D eigenvalue weighted by Crippen LogP contribution is 2.37. The Hall–Kier alpha value is -0.190. The number of hydrogen-bond acceptors (Lipinski definition) is 3. The summed E-state index contributed by atoms with van der Waals surface area (Å²) in [6.07, 6.45) is 0. The number of benzene rings is 1. The van der Waals surface area contributed by atoms with Crippen LogP contribution in [0.4, 0.5) is 0 Å². The maximum absolute atomic E-state index is 5.23. The predicted molar refractivity (Wildman–Crippen MR) is 63.3 cm³/mol. The quantitative estimate of drug-likeness (QED) is 0.775. The lowest BCUT2D eigenvalue weighted by molar-refractivity contribution is 0.421. The Kier molecular flexibility index (Phi) is 2.53. The predicted octanol–water partition coefficient (Wildman–Crippen LogP) is 3.96. The molecule has 0 spiro atoms. The van der Waals surface area contributed by atoms with E-state index in [2.05, 4.69) is 28.6 Å². The number of hydrogen-bond donors (Lipinski definition) is 1. The van der Waals surface area contributed by atoms with E-state index in [1.165, 1.54) is 4.70 Å². The van der Waals surface area contributed by atoms with Crippen LogP contribution in [0.1, 0.15) is 0 Å². The van der Waals surface area contributed by atoms with E-state index >= 15 is 0 Å². The Balaban J connectivity index is 2.82. The van der Waals surface area contributed by atoms with Crippen molar-refractivity contribution in [3.63, 3.8) is 0 Å². The Morgan fingerprint density at radius 1 is 1.46 bits per heavy atom. The summed E-state index contributed by atoms with van der Waals surface area (Å²) in [6.45, 7) is 0. The topological polar surface area (TPSA) is 9.23 Å². The largest absolute Gasteiger partial charge is 0.495 e. The second-order valence-corrected chi connectivity index (χ2v) is 4.88. The lowest BCUT2D eigenvalue weighted by Gasteiger charge is -1.99. The van der Waals surface area contributed by atoms with Gasteiger partial charge >= 0.3 is 0 Å². The van der Waals surface area contributed by atoms with Gasteiger partial charge in [0.1, 0.15) is 5.75 Å². The number of ether oxygens (including phenoxy) is 1. The first kappa shape index (κ1) is 9.37. The van der Waals surface area contributed by atoms with Crippen LogP contribution < -0.4 is 4.74 Å². The van der Waals surface area contributed by atoms with Crippen LogP contribution in [0.5, 0.6) is 5.75 Å². The van der Waals surface area contributed by atoms with Crippen molar-refractivity contribution in [1.29, 1.82) is 0 Å². The minimum atomic E-state index is 0.914. The molecule has 2 aromatic rings. The first-order valence-electron chi connectivity index (χ1n) is 3.66. The number of fused-ring (bicyclic) bond motifs is 1. The summed E-state index contributed by atoms with van der Waals surface area (Å²) in [6, 6.07) is 4.03. The molecule has 2 rings (SSSR count). The van der Waals surface area contributed by atoms with Crippen LogP contribution >= 0.6 is 39.9 Å². The van der Waals surface area contributed by atoms with Crippen molar-refractivity contribution in [3.05, 3.63) is 22.0 Å². The maximum Gasteiger partial charge on any atom is 0.137 e. The minimum absolute atomic E-state index is 0.914. The summed E-state index contributed by atoms with van der Waals surface area (Å²) in [7, 11) is 1.68. The van der Waals surface area contributed by atoms with Gasteiger partial charge in [0.05, 0.1) is 11.8 Å². The van der Waals surface area contributed by atoms with Crippen molar-refractivity contribution in [2.75, 3.05) is 7.11 Å². The highest BCUT2D eigenvalue weighted by atomic mass is 79.9. The van der Waals surface area contributed by atoms with Crippen LogP contribution in [-0.4, -0.2) is 7.11 Å². The molecule has 0 N–H and O–H groups in total. The molecule has 0 radical (unpaired) electrons. The van der Waals surface area contributed by atoms with Crippen LogP contribution in [0.3, 0.4) is 0 Å². The van der Waals surface area contributed by atoms with Crippen molar-refractivity contribution < 1.29 is 4.74 Å². The van der Waals surface area contributed by atoms with Crippen LogP contribution in [0.25, 0.3) is 10.1 Å². The molecule has 0 atom stereocenters. The van der Waals surface area contributed by atoms with Gasteiger partial charge in [-0.3, -0.25) is 0 Å². The number of rotatable bonds is 1. The summed E-state index contributed by atoms with van der Waals surface area (Å²) in [5.74, 6) is 0.914. The summed E-state index contributed by atoms with van der Waals surface area (Å²) < 4.78 is 7.43. The highest BCUT2D eigenvalue weighted by molar-refractivity contribution is 9.10. The average Bonchev–Trinajstić information content (AvgIpc) is 2.47. The number of methoxy groups -OCH3 is 1. The molecule has 0 saturated heterocycles. The SMILES string of the molecule is COc1csc2c(S)cc(Br)cc12. The van der Waals surface area contributed by atoms with Gasteiger partial charge in [-0.25, -0.2) is 0 Å². The Morgan fingerprint density at radius 2 is 2.23 bits per heavy atom. The number of thiol groups is 1. The second kappa shape index (κ2) is 3.52. The van der Waals surface area contributed by atoms with Crippen molar-refractivity contribution in [2.24, 2.45) is 0 Å². The molecule has 0 bridgehead atoms. The lowest BCUT2D eigenvalue weighted by Crippen LogP contribution is -1.79. The molecule has 0 fully saturated rings. The van der Waals surface area contributed by atoms with Crippen LogP contribution in [0.2, 0.25) is 0 Å². The maximum atomic E-state index is 5.23. The molecule has 1 nitrogen and oxygen atoms in total. The van der Waals surface area contributed by atoms with E-state index in [-0.39, 0.29) is 0 Å². The minimum Gasteiger partial charge on any atom is -0.495 e. The van der Waals surface area contributed by atoms with Crippen LogP contribution in [-0.2, 0) is 0 Å². The average molecular weight is 275 g/mol. The second-order valence-electron chi connectivity index (χ2n) is 2.61. The molecule has 0 unspecified atom stereocenters. The van der Waals surface area contributed by atoms with Crippen LogP contribution in [0, 0.1) is 0 Å². The zero-order valence-corrected chi connectivity index (χ0v) is 10.2. The fourth-order valence-electron chi connectivity index (χ4n) is 1.22. The van der Waals surface area contributed by atoms with E-state index in [0.29, 0.717) is 0 Å². The zero-order chi connectivity index (χ0) is 9.42. The van der Waals surface area contributed by atoms with Crippen molar-refractivity contribution in [2.45, 2.75) is 4.90 Å².